The summed E-state index contributed by atoms with van der Waals surface area (Å²) in [6.07, 6.45) is -0.324. The summed E-state index contributed by atoms with van der Waals surface area (Å²) in [5.74, 6) is -2.75. The fourth-order valence-electron chi connectivity index (χ4n) is 6.53. The van der Waals surface area contributed by atoms with E-state index >= 15 is 0 Å². The molecule has 0 fully saturated rings. The molecule has 0 saturated heterocycles. The van der Waals surface area contributed by atoms with Crippen molar-refractivity contribution in [3.63, 3.8) is 0 Å². The summed E-state index contributed by atoms with van der Waals surface area (Å²) in [6.45, 7) is 11.1. The maximum Gasteiger partial charge on any atom is 0.408 e. The molecule has 1 aliphatic carbocycles. The van der Waals surface area contributed by atoms with Crippen molar-refractivity contribution in [2.75, 3.05) is 39.5 Å². The minimum atomic E-state index is -1.25. The quantitative estimate of drug-likeness (QED) is 0.0689. The Kier molecular flexibility index (Phi) is 17.2. The topological polar surface area (TPSA) is 179 Å². The molecule has 59 heavy (non-hydrogen) atoms. The summed E-state index contributed by atoms with van der Waals surface area (Å²) in [5, 5.41) is 7.49. The van der Waals surface area contributed by atoms with E-state index in [0.717, 1.165) is 27.8 Å². The van der Waals surface area contributed by atoms with Gasteiger partial charge >= 0.3 is 18.2 Å². The number of ketones is 1. The summed E-state index contributed by atoms with van der Waals surface area (Å²) in [5.41, 5.74) is 4.23. The number of benzene rings is 3. The number of fused-ring (bicyclic) bond motifs is 3. The summed E-state index contributed by atoms with van der Waals surface area (Å²) >= 11 is 0. The van der Waals surface area contributed by atoms with Gasteiger partial charge in [0, 0.05) is 18.9 Å². The van der Waals surface area contributed by atoms with E-state index in [4.69, 9.17) is 18.9 Å². The van der Waals surface area contributed by atoms with Gasteiger partial charge in [-0.15, -0.1) is 0 Å². The standard InChI is InChI=1S/C45H56N4O10/c1-7-23-57-44(55)48-38(29-56-27-31-15-9-8-10-16-31)41(52)46-26-40(51)49(39(24-30(2)3)42(53)59-45(4,5)6)22-21-32(50)25-47-43(54)58-28-37-35-19-13-11-17-33(35)34-18-12-14-20-36(34)37/h7-20,30,37-39H,1,21-29H2,2-6H3,(H,46,52)(H,47,54)(H,48,55). The van der Waals surface area contributed by atoms with Crippen LogP contribution in [0.15, 0.2) is 91.5 Å². The van der Waals surface area contributed by atoms with Crippen LogP contribution in [0, 0.1) is 5.92 Å². The Morgan fingerprint density at radius 3 is 2.05 bits per heavy atom. The van der Waals surface area contributed by atoms with Gasteiger partial charge in [0.25, 0.3) is 0 Å². The molecular weight excluding hydrogens is 757 g/mol. The van der Waals surface area contributed by atoms with Gasteiger partial charge in [0.2, 0.25) is 11.8 Å². The van der Waals surface area contributed by atoms with Gasteiger partial charge < -0.3 is 39.8 Å². The summed E-state index contributed by atoms with van der Waals surface area (Å²) < 4.78 is 22.0. The number of esters is 1. The number of nitrogens with one attached hydrogen (secondary N) is 3. The average Bonchev–Trinajstić information content (AvgIpc) is 3.52. The van der Waals surface area contributed by atoms with Crippen LogP contribution < -0.4 is 16.0 Å². The minimum Gasteiger partial charge on any atom is -0.458 e. The van der Waals surface area contributed by atoms with Gasteiger partial charge in [0.05, 0.1) is 26.3 Å². The van der Waals surface area contributed by atoms with E-state index in [1.165, 1.54) is 11.0 Å². The van der Waals surface area contributed by atoms with Gasteiger partial charge in [-0.25, -0.2) is 14.4 Å². The van der Waals surface area contributed by atoms with Gasteiger partial charge in [0.15, 0.2) is 5.78 Å². The van der Waals surface area contributed by atoms with Crippen LogP contribution in [0.4, 0.5) is 9.59 Å². The van der Waals surface area contributed by atoms with E-state index in [2.05, 4.69) is 22.5 Å². The number of alkyl carbamates (subject to hydrolysis) is 2. The zero-order valence-electron chi connectivity index (χ0n) is 34.5. The number of hydrogen-bond acceptors (Lipinski definition) is 10. The second-order valence-electron chi connectivity index (χ2n) is 15.5. The van der Waals surface area contributed by atoms with E-state index in [1.807, 2.05) is 92.7 Å². The lowest BCUT2D eigenvalue weighted by molar-refractivity contribution is -0.165. The average molecular weight is 813 g/mol. The van der Waals surface area contributed by atoms with E-state index in [0.29, 0.717) is 0 Å². The molecule has 4 amide bonds. The number of ether oxygens (including phenoxy) is 4. The van der Waals surface area contributed by atoms with Crippen molar-refractivity contribution in [1.29, 1.82) is 0 Å². The lowest BCUT2D eigenvalue weighted by Crippen LogP contribution is -2.54. The number of Topliss-reactive ketones (excluding diaryl/α,β-unsaturated/α-hetero) is 1. The third-order valence-corrected chi connectivity index (χ3v) is 9.23. The number of amides is 4. The molecule has 0 saturated carbocycles. The molecular formula is C45H56N4O10. The SMILES string of the molecule is C=CCOC(=O)NC(COCc1ccccc1)C(=O)NCC(=O)N(CCC(=O)CNC(=O)OCC1c2ccccc2-c2ccccc21)C(CC(C)C)C(=O)OC(C)(C)C. The van der Waals surface area contributed by atoms with Crippen LogP contribution in [0.25, 0.3) is 11.1 Å². The molecule has 0 radical (unpaired) electrons. The van der Waals surface area contributed by atoms with Crippen molar-refractivity contribution >= 4 is 35.8 Å². The fourth-order valence-corrected chi connectivity index (χ4v) is 6.53. The first-order valence-electron chi connectivity index (χ1n) is 19.7. The predicted octanol–water partition coefficient (Wildman–Crippen LogP) is 5.68. The van der Waals surface area contributed by atoms with Crippen LogP contribution in [0.5, 0.6) is 0 Å². The molecule has 2 unspecified atom stereocenters. The molecule has 4 rings (SSSR count). The van der Waals surface area contributed by atoms with Crippen LogP contribution in [0.1, 0.15) is 70.1 Å². The van der Waals surface area contributed by atoms with Crippen molar-refractivity contribution in [2.45, 2.75) is 77.7 Å². The first-order chi connectivity index (χ1) is 28.2. The largest absolute Gasteiger partial charge is 0.458 e. The highest BCUT2D eigenvalue weighted by Crippen LogP contribution is 2.44. The predicted molar refractivity (Wildman–Crippen MR) is 221 cm³/mol. The molecule has 0 spiro atoms. The third-order valence-electron chi connectivity index (χ3n) is 9.23. The van der Waals surface area contributed by atoms with E-state index in [-0.39, 0.29) is 64.2 Å². The van der Waals surface area contributed by atoms with Crippen molar-refractivity contribution in [3.05, 3.63) is 108 Å². The Hall–Kier alpha value is -6.02. The first kappa shape index (κ1) is 45.7. The molecule has 3 aromatic rings. The monoisotopic (exact) mass is 812 g/mol. The first-order valence-corrected chi connectivity index (χ1v) is 19.7. The third kappa shape index (κ3) is 14.4. The van der Waals surface area contributed by atoms with E-state index in [9.17, 15) is 28.8 Å². The van der Waals surface area contributed by atoms with Crippen LogP contribution in [-0.2, 0) is 44.7 Å². The molecule has 0 aliphatic heterocycles. The van der Waals surface area contributed by atoms with Crippen LogP contribution in [-0.4, -0.2) is 97.8 Å². The maximum absolute atomic E-state index is 13.9. The Bertz CT molecular complexity index is 1880. The highest BCUT2D eigenvalue weighted by atomic mass is 16.6. The Labute approximate surface area is 346 Å². The summed E-state index contributed by atoms with van der Waals surface area (Å²) in [4.78, 5) is 80.5. The van der Waals surface area contributed by atoms with Crippen molar-refractivity contribution in [2.24, 2.45) is 5.92 Å². The molecule has 2 atom stereocenters. The lowest BCUT2D eigenvalue weighted by atomic mass is 9.98. The smallest absolute Gasteiger partial charge is 0.408 e. The molecule has 14 heteroatoms. The Morgan fingerprint density at radius 2 is 1.44 bits per heavy atom. The number of carbonyl (C=O) groups is 6. The number of nitrogens with zero attached hydrogens (tertiary/aromatic N) is 1. The molecule has 3 aromatic carbocycles. The number of carbonyl (C=O) groups excluding carboxylic acids is 6. The van der Waals surface area contributed by atoms with Crippen molar-refractivity contribution in [1.82, 2.24) is 20.9 Å². The molecule has 0 bridgehead atoms. The lowest BCUT2D eigenvalue weighted by Gasteiger charge is -2.33. The van der Waals surface area contributed by atoms with Gasteiger partial charge in [-0.2, -0.15) is 0 Å². The Morgan fingerprint density at radius 1 is 0.814 bits per heavy atom. The van der Waals surface area contributed by atoms with Gasteiger partial charge in [0.1, 0.15) is 30.9 Å². The fraction of sp³-hybridized carbons (Fsp3) is 0.422. The maximum atomic E-state index is 13.9. The molecule has 3 N–H and O–H groups in total. The normalized spacial score (nSPS) is 12.9. The summed E-state index contributed by atoms with van der Waals surface area (Å²) in [7, 11) is 0. The van der Waals surface area contributed by atoms with Crippen LogP contribution >= 0.6 is 0 Å². The Balaban J connectivity index is 1.40. The van der Waals surface area contributed by atoms with Crippen molar-refractivity contribution < 1.29 is 47.7 Å². The van der Waals surface area contributed by atoms with Crippen LogP contribution in [0.2, 0.25) is 0 Å². The summed E-state index contributed by atoms with van der Waals surface area (Å²) in [6, 6.07) is 22.7. The van der Waals surface area contributed by atoms with E-state index in [1.54, 1.807) is 20.8 Å². The van der Waals surface area contributed by atoms with Gasteiger partial charge in [-0.1, -0.05) is 105 Å². The zero-order valence-corrected chi connectivity index (χ0v) is 34.5. The molecule has 0 aromatic heterocycles. The molecule has 316 valence electrons. The van der Waals surface area contributed by atoms with Crippen molar-refractivity contribution in [3.8, 4) is 11.1 Å². The molecule has 14 nitrogen and oxygen atoms in total. The number of rotatable bonds is 21. The highest BCUT2D eigenvalue weighted by molar-refractivity contribution is 5.92. The van der Waals surface area contributed by atoms with Gasteiger partial charge in [-0.3, -0.25) is 14.4 Å². The minimum absolute atomic E-state index is 0.0692. The second kappa shape index (κ2) is 22.2. The zero-order chi connectivity index (χ0) is 43.0. The van der Waals surface area contributed by atoms with Gasteiger partial charge in [-0.05, 0) is 60.9 Å². The second-order valence-corrected chi connectivity index (χ2v) is 15.5. The molecule has 1 aliphatic rings. The molecule has 0 heterocycles. The van der Waals surface area contributed by atoms with E-state index < -0.39 is 60.0 Å². The highest BCUT2D eigenvalue weighted by Gasteiger charge is 2.35. The number of hydrogen-bond donors (Lipinski definition) is 3. The van der Waals surface area contributed by atoms with Crippen LogP contribution in [0.3, 0.4) is 0 Å².